The Balaban J connectivity index is 1.28. The maximum atomic E-state index is 11.7. The average Bonchev–Trinajstić information content (AvgIpc) is 3.17. The molecule has 2 aliphatic rings. The first-order valence-corrected chi connectivity index (χ1v) is 10.1. The highest BCUT2D eigenvalue weighted by Crippen LogP contribution is 2.56. The van der Waals surface area contributed by atoms with Gasteiger partial charge in [-0.15, -0.1) is 5.10 Å². The number of hydrogen-bond acceptors (Lipinski definition) is 4. The van der Waals surface area contributed by atoms with Gasteiger partial charge in [0, 0.05) is 7.05 Å². The highest BCUT2D eigenvalue weighted by molar-refractivity contribution is 5.91. The van der Waals surface area contributed by atoms with Gasteiger partial charge in [0.15, 0.2) is 5.69 Å². The zero-order valence-corrected chi connectivity index (χ0v) is 16.1. The Bertz CT molecular complexity index is 764. The lowest BCUT2D eigenvalue weighted by atomic mass is 9.59. The summed E-state index contributed by atoms with van der Waals surface area (Å²) in [5.41, 5.74) is 2.20. The number of hydrogen-bond donors (Lipinski definition) is 1. The molecule has 1 aliphatic carbocycles. The lowest BCUT2D eigenvalue weighted by molar-refractivity contribution is -0.0317. The van der Waals surface area contributed by atoms with E-state index in [-0.39, 0.29) is 5.91 Å². The number of piperidine rings is 1. The number of carbonyl (C=O) groups is 1. The molecule has 1 amide bonds. The summed E-state index contributed by atoms with van der Waals surface area (Å²) in [4.78, 5) is 14.3. The monoisotopic (exact) mass is 367 g/mol. The number of benzene rings is 1. The van der Waals surface area contributed by atoms with E-state index in [1.54, 1.807) is 7.05 Å². The fraction of sp³-hybridized carbons (Fsp3) is 0.571. The molecule has 1 N–H and O–H groups in total. The Labute approximate surface area is 160 Å². The molecule has 1 saturated heterocycles. The smallest absolute Gasteiger partial charge is 0.273 e. The van der Waals surface area contributed by atoms with Gasteiger partial charge in [-0.1, -0.05) is 35.5 Å². The zero-order valence-electron chi connectivity index (χ0n) is 16.1. The van der Waals surface area contributed by atoms with Crippen LogP contribution >= 0.6 is 0 Å². The normalized spacial score (nSPS) is 21.7. The van der Waals surface area contributed by atoms with Crippen LogP contribution in [0.15, 0.2) is 36.5 Å². The van der Waals surface area contributed by atoms with Crippen molar-refractivity contribution in [2.24, 2.45) is 5.41 Å². The Morgan fingerprint density at radius 1 is 1.22 bits per heavy atom. The predicted molar refractivity (Wildman–Crippen MR) is 105 cm³/mol. The quantitative estimate of drug-likeness (QED) is 0.853. The molecule has 2 heterocycles. The molecular formula is C21H29N5O. The van der Waals surface area contributed by atoms with Gasteiger partial charge in [0.1, 0.15) is 0 Å². The number of nitrogens with one attached hydrogen (secondary N) is 1. The molecule has 144 valence electrons. The molecule has 1 unspecified atom stereocenters. The van der Waals surface area contributed by atoms with Crippen LogP contribution in [0.1, 0.15) is 54.2 Å². The number of aromatic nitrogens is 3. The molecule has 6 nitrogen and oxygen atoms in total. The molecule has 6 heteroatoms. The molecule has 0 bridgehead atoms. The maximum absolute atomic E-state index is 11.7. The standard InChI is InChI=1S/C21H29N5O/c1-22-20(27)18-16-26(24-23-18)19-9-10-21(19)11-14-25(15-12-21)13-5-8-17-6-3-2-4-7-17/h2-4,6-7,16,19H,5,8-15H2,1H3,(H,22,27). The van der Waals surface area contributed by atoms with Crippen molar-refractivity contribution in [3.05, 3.63) is 47.8 Å². The minimum absolute atomic E-state index is 0.164. The predicted octanol–water partition coefficient (Wildman–Crippen LogP) is 2.69. The van der Waals surface area contributed by atoms with E-state index in [0.29, 0.717) is 17.2 Å². The molecule has 1 atom stereocenters. The van der Waals surface area contributed by atoms with E-state index in [0.717, 1.165) is 12.8 Å². The molecule has 1 aromatic carbocycles. The molecule has 1 spiro atoms. The first-order valence-electron chi connectivity index (χ1n) is 10.1. The van der Waals surface area contributed by atoms with Gasteiger partial charge in [-0.25, -0.2) is 4.68 Å². The third-order valence-corrected chi connectivity index (χ3v) is 6.55. The van der Waals surface area contributed by atoms with Crippen molar-refractivity contribution in [2.75, 3.05) is 26.7 Å². The third-order valence-electron chi connectivity index (χ3n) is 6.55. The molecule has 4 rings (SSSR count). The SMILES string of the molecule is CNC(=O)c1cn(C2CCC23CCN(CCCc2ccccc2)CC3)nn1. The van der Waals surface area contributed by atoms with Crippen LogP contribution in [0, 0.1) is 5.41 Å². The van der Waals surface area contributed by atoms with Crippen LogP contribution in [0.4, 0.5) is 0 Å². The van der Waals surface area contributed by atoms with E-state index in [1.165, 1.54) is 50.9 Å². The van der Waals surface area contributed by atoms with Gasteiger partial charge in [0.05, 0.1) is 12.2 Å². The topological polar surface area (TPSA) is 63.1 Å². The van der Waals surface area contributed by atoms with Crippen LogP contribution in [0.3, 0.4) is 0 Å². The van der Waals surface area contributed by atoms with Crippen LogP contribution < -0.4 is 5.32 Å². The van der Waals surface area contributed by atoms with E-state index in [9.17, 15) is 4.79 Å². The summed E-state index contributed by atoms with van der Waals surface area (Å²) in [7, 11) is 1.62. The number of carbonyl (C=O) groups excluding carboxylic acids is 1. The number of nitrogens with zero attached hydrogens (tertiary/aromatic N) is 4. The number of aryl methyl sites for hydroxylation is 1. The summed E-state index contributed by atoms with van der Waals surface area (Å²) in [5.74, 6) is -0.164. The Hall–Kier alpha value is -2.21. The van der Waals surface area contributed by atoms with Crippen LogP contribution in [0.5, 0.6) is 0 Å². The van der Waals surface area contributed by atoms with Crippen LogP contribution in [-0.4, -0.2) is 52.5 Å². The van der Waals surface area contributed by atoms with Gasteiger partial charge in [0.2, 0.25) is 0 Å². The van der Waals surface area contributed by atoms with Crippen LogP contribution in [0.2, 0.25) is 0 Å². The lowest BCUT2D eigenvalue weighted by Gasteiger charge is -2.53. The van der Waals surface area contributed by atoms with E-state index >= 15 is 0 Å². The molecule has 0 radical (unpaired) electrons. The zero-order chi connectivity index (χ0) is 18.7. The van der Waals surface area contributed by atoms with Gasteiger partial charge in [-0.3, -0.25) is 4.79 Å². The Morgan fingerprint density at radius 3 is 2.67 bits per heavy atom. The van der Waals surface area contributed by atoms with Crippen molar-refractivity contribution in [2.45, 2.75) is 44.6 Å². The van der Waals surface area contributed by atoms with Gasteiger partial charge in [-0.2, -0.15) is 0 Å². The third kappa shape index (κ3) is 3.76. The van der Waals surface area contributed by atoms with Crippen molar-refractivity contribution in [3.8, 4) is 0 Å². The fourth-order valence-corrected chi connectivity index (χ4v) is 4.71. The number of amides is 1. The van der Waals surface area contributed by atoms with Gasteiger partial charge in [0.25, 0.3) is 5.91 Å². The van der Waals surface area contributed by atoms with Crippen LogP contribution in [-0.2, 0) is 6.42 Å². The Morgan fingerprint density at radius 2 is 2.00 bits per heavy atom. The molecule has 1 saturated carbocycles. The lowest BCUT2D eigenvalue weighted by Crippen LogP contribution is -2.50. The van der Waals surface area contributed by atoms with E-state index in [2.05, 4.69) is 50.9 Å². The minimum Gasteiger partial charge on any atom is -0.354 e. The maximum Gasteiger partial charge on any atom is 0.273 e. The largest absolute Gasteiger partial charge is 0.354 e. The Kier molecular flexibility index (Phi) is 5.25. The first kappa shape index (κ1) is 18.2. The summed E-state index contributed by atoms with van der Waals surface area (Å²) in [6, 6.07) is 11.2. The molecular weight excluding hydrogens is 338 g/mol. The van der Waals surface area contributed by atoms with Gasteiger partial charge >= 0.3 is 0 Å². The summed E-state index contributed by atoms with van der Waals surface area (Å²) in [6.45, 7) is 3.52. The summed E-state index contributed by atoms with van der Waals surface area (Å²) >= 11 is 0. The highest BCUT2D eigenvalue weighted by atomic mass is 16.1. The first-order chi connectivity index (χ1) is 13.2. The molecule has 27 heavy (non-hydrogen) atoms. The summed E-state index contributed by atoms with van der Waals surface area (Å²) in [5, 5.41) is 10.9. The van der Waals surface area contributed by atoms with Crippen molar-refractivity contribution in [3.63, 3.8) is 0 Å². The van der Waals surface area contributed by atoms with E-state index in [1.807, 2.05) is 10.9 Å². The molecule has 2 fully saturated rings. The van der Waals surface area contributed by atoms with Gasteiger partial charge in [-0.05, 0) is 69.1 Å². The minimum atomic E-state index is -0.164. The highest BCUT2D eigenvalue weighted by Gasteiger charge is 2.49. The number of rotatable bonds is 6. The molecule has 2 aromatic rings. The second-order valence-corrected chi connectivity index (χ2v) is 8.01. The van der Waals surface area contributed by atoms with Crippen molar-refractivity contribution < 1.29 is 4.79 Å². The average molecular weight is 367 g/mol. The van der Waals surface area contributed by atoms with Gasteiger partial charge < -0.3 is 10.2 Å². The van der Waals surface area contributed by atoms with Crippen molar-refractivity contribution in [1.82, 2.24) is 25.2 Å². The molecule has 1 aliphatic heterocycles. The second-order valence-electron chi connectivity index (χ2n) is 8.01. The van der Waals surface area contributed by atoms with E-state index in [4.69, 9.17) is 0 Å². The second kappa shape index (κ2) is 7.80. The van der Waals surface area contributed by atoms with Crippen LogP contribution in [0.25, 0.3) is 0 Å². The molecule has 1 aromatic heterocycles. The van der Waals surface area contributed by atoms with Crippen molar-refractivity contribution in [1.29, 1.82) is 0 Å². The summed E-state index contributed by atoms with van der Waals surface area (Å²) in [6.07, 6.45) is 9.05. The fourth-order valence-electron chi connectivity index (χ4n) is 4.71. The summed E-state index contributed by atoms with van der Waals surface area (Å²) < 4.78 is 1.94. The number of likely N-dealkylation sites (tertiary alicyclic amines) is 1. The van der Waals surface area contributed by atoms with Crippen molar-refractivity contribution >= 4 is 5.91 Å². The van der Waals surface area contributed by atoms with E-state index < -0.39 is 0 Å².